The Morgan fingerprint density at radius 1 is 1.22 bits per heavy atom. The molecule has 23 heavy (non-hydrogen) atoms. The number of amides is 1. The fourth-order valence-corrected chi connectivity index (χ4v) is 2.72. The van der Waals surface area contributed by atoms with E-state index in [0.717, 1.165) is 32.7 Å². The highest BCUT2D eigenvalue weighted by molar-refractivity contribution is 5.94. The van der Waals surface area contributed by atoms with Gasteiger partial charge in [-0.15, -0.1) is 0 Å². The molecule has 128 valence electrons. The maximum atomic E-state index is 12.3. The topological polar surface area (TPSA) is 47.0 Å². The molecule has 1 N–H and O–H groups in total. The van der Waals surface area contributed by atoms with Gasteiger partial charge >= 0.3 is 0 Å². The molecular weight excluding hydrogens is 290 g/mol. The number of rotatable bonds is 6. The second kappa shape index (κ2) is 8.43. The molecule has 1 atom stereocenters. The molecule has 1 unspecified atom stereocenters. The normalized spacial score (nSPS) is 17.9. The molecule has 5 heteroatoms. The fraction of sp³-hybridized carbons (Fsp3) is 0.611. The van der Waals surface area contributed by atoms with Gasteiger partial charge in [-0.3, -0.25) is 9.69 Å². The Balaban J connectivity index is 1.87. The van der Waals surface area contributed by atoms with Crippen LogP contribution in [0, 0.1) is 0 Å². The van der Waals surface area contributed by atoms with Crippen molar-refractivity contribution in [2.24, 2.45) is 0 Å². The number of aliphatic hydroxyl groups excluding tert-OH is 1. The van der Waals surface area contributed by atoms with Gasteiger partial charge in [0, 0.05) is 51.9 Å². The summed E-state index contributed by atoms with van der Waals surface area (Å²) in [5.41, 5.74) is 1.96. The second-order valence-corrected chi connectivity index (χ2v) is 6.64. The Hall–Kier alpha value is -1.43. The van der Waals surface area contributed by atoms with Crippen LogP contribution < -0.4 is 0 Å². The van der Waals surface area contributed by atoms with E-state index in [1.807, 2.05) is 24.3 Å². The molecule has 1 aromatic carbocycles. The summed E-state index contributed by atoms with van der Waals surface area (Å²) in [7, 11) is 3.94. The van der Waals surface area contributed by atoms with Crippen LogP contribution in [0.25, 0.3) is 0 Å². The van der Waals surface area contributed by atoms with E-state index >= 15 is 0 Å². The van der Waals surface area contributed by atoms with E-state index in [0.29, 0.717) is 18.5 Å². The molecule has 1 saturated heterocycles. The van der Waals surface area contributed by atoms with E-state index in [4.69, 9.17) is 0 Å². The number of benzene rings is 1. The van der Waals surface area contributed by atoms with Gasteiger partial charge in [-0.1, -0.05) is 12.1 Å². The van der Waals surface area contributed by atoms with Crippen molar-refractivity contribution in [3.8, 4) is 0 Å². The highest BCUT2D eigenvalue weighted by Gasteiger charge is 2.15. The van der Waals surface area contributed by atoms with Crippen LogP contribution in [-0.2, 0) is 6.54 Å². The largest absolute Gasteiger partial charge is 0.393 e. The van der Waals surface area contributed by atoms with Crippen molar-refractivity contribution in [1.29, 1.82) is 0 Å². The van der Waals surface area contributed by atoms with Crippen molar-refractivity contribution in [2.45, 2.75) is 26.0 Å². The summed E-state index contributed by atoms with van der Waals surface area (Å²) in [4.78, 5) is 18.8. The summed E-state index contributed by atoms with van der Waals surface area (Å²) in [6.45, 7) is 7.68. The van der Waals surface area contributed by atoms with Crippen LogP contribution in [0.3, 0.4) is 0 Å². The van der Waals surface area contributed by atoms with Gasteiger partial charge in [0.05, 0.1) is 6.10 Å². The fourth-order valence-electron chi connectivity index (χ4n) is 2.72. The summed E-state index contributed by atoms with van der Waals surface area (Å²) in [5.74, 6) is 0.0109. The molecule has 0 aromatic heterocycles. The van der Waals surface area contributed by atoms with E-state index in [-0.39, 0.29) is 12.0 Å². The Morgan fingerprint density at radius 2 is 1.83 bits per heavy atom. The molecule has 0 bridgehead atoms. The lowest BCUT2D eigenvalue weighted by atomic mass is 10.1. The Labute approximate surface area is 139 Å². The lowest BCUT2D eigenvalue weighted by molar-refractivity contribution is 0.0769. The number of carbonyl (C=O) groups excluding carboxylic acids is 1. The molecule has 1 aliphatic heterocycles. The first-order chi connectivity index (χ1) is 11.0. The zero-order chi connectivity index (χ0) is 16.8. The van der Waals surface area contributed by atoms with Gasteiger partial charge in [0.1, 0.15) is 0 Å². The summed E-state index contributed by atoms with van der Waals surface area (Å²) < 4.78 is 0. The minimum atomic E-state index is -0.379. The third-order valence-electron chi connectivity index (χ3n) is 4.43. The molecule has 1 aliphatic rings. The number of carbonyl (C=O) groups is 1. The molecule has 2 rings (SSSR count). The third kappa shape index (κ3) is 5.61. The Morgan fingerprint density at radius 3 is 2.39 bits per heavy atom. The zero-order valence-electron chi connectivity index (χ0n) is 14.5. The molecule has 1 fully saturated rings. The summed E-state index contributed by atoms with van der Waals surface area (Å²) in [6, 6.07) is 7.92. The van der Waals surface area contributed by atoms with Crippen LogP contribution in [0.5, 0.6) is 0 Å². The molecule has 5 nitrogen and oxygen atoms in total. The first-order valence-corrected chi connectivity index (χ1v) is 8.39. The molecule has 1 aromatic rings. The van der Waals surface area contributed by atoms with Crippen molar-refractivity contribution in [3.05, 3.63) is 35.4 Å². The summed E-state index contributed by atoms with van der Waals surface area (Å²) >= 11 is 0. The summed E-state index contributed by atoms with van der Waals surface area (Å²) in [6.07, 6.45) is 0.222. The predicted molar refractivity (Wildman–Crippen MR) is 92.5 cm³/mol. The van der Waals surface area contributed by atoms with Crippen LogP contribution in [0.2, 0.25) is 0 Å². The molecular formula is C18H29N3O2. The van der Waals surface area contributed by atoms with Crippen LogP contribution >= 0.6 is 0 Å². The highest BCUT2D eigenvalue weighted by Crippen LogP contribution is 2.11. The van der Waals surface area contributed by atoms with E-state index < -0.39 is 0 Å². The van der Waals surface area contributed by atoms with Gasteiger partial charge in [0.25, 0.3) is 5.91 Å². The number of piperazine rings is 1. The number of hydrogen-bond acceptors (Lipinski definition) is 4. The van der Waals surface area contributed by atoms with Crippen molar-refractivity contribution < 1.29 is 9.90 Å². The zero-order valence-corrected chi connectivity index (χ0v) is 14.5. The van der Waals surface area contributed by atoms with Gasteiger partial charge in [-0.25, -0.2) is 0 Å². The van der Waals surface area contributed by atoms with E-state index in [2.05, 4.69) is 16.8 Å². The van der Waals surface area contributed by atoms with Crippen LogP contribution in [0.1, 0.15) is 29.3 Å². The first kappa shape index (κ1) is 17.9. The lowest BCUT2D eigenvalue weighted by Crippen LogP contribution is -2.43. The smallest absolute Gasteiger partial charge is 0.253 e. The third-order valence-corrected chi connectivity index (χ3v) is 4.43. The standard InChI is InChI=1S/C18H29N3O2/c1-15(22)8-9-20(3)18(23)17-6-4-16(5-7-17)14-21-12-10-19(2)11-13-21/h4-7,15,22H,8-14H2,1-3H3. The minimum absolute atomic E-state index is 0.0109. The Bertz CT molecular complexity index is 493. The van der Waals surface area contributed by atoms with Gasteiger partial charge in [0.15, 0.2) is 0 Å². The maximum absolute atomic E-state index is 12.3. The maximum Gasteiger partial charge on any atom is 0.253 e. The minimum Gasteiger partial charge on any atom is -0.393 e. The Kier molecular flexibility index (Phi) is 6.57. The molecule has 0 radical (unpaired) electrons. The monoisotopic (exact) mass is 319 g/mol. The summed E-state index contributed by atoms with van der Waals surface area (Å²) in [5, 5.41) is 9.32. The van der Waals surface area contributed by atoms with Crippen molar-refractivity contribution in [1.82, 2.24) is 14.7 Å². The first-order valence-electron chi connectivity index (χ1n) is 8.39. The average Bonchev–Trinajstić information content (AvgIpc) is 2.55. The van der Waals surface area contributed by atoms with Gasteiger partial charge < -0.3 is 14.9 Å². The van der Waals surface area contributed by atoms with Crippen molar-refractivity contribution in [3.63, 3.8) is 0 Å². The van der Waals surface area contributed by atoms with E-state index in [1.165, 1.54) is 5.56 Å². The van der Waals surface area contributed by atoms with Crippen LogP contribution in [0.4, 0.5) is 0 Å². The molecule has 0 saturated carbocycles. The average molecular weight is 319 g/mol. The van der Waals surface area contributed by atoms with Gasteiger partial charge in [-0.2, -0.15) is 0 Å². The lowest BCUT2D eigenvalue weighted by Gasteiger charge is -2.32. The second-order valence-electron chi connectivity index (χ2n) is 6.64. The SMILES string of the molecule is CC(O)CCN(C)C(=O)c1ccc(CN2CCN(C)CC2)cc1. The molecule has 1 amide bonds. The predicted octanol–water partition coefficient (Wildman–Crippen LogP) is 1.28. The molecule has 0 spiro atoms. The quantitative estimate of drug-likeness (QED) is 0.858. The number of likely N-dealkylation sites (N-methyl/N-ethyl adjacent to an activating group) is 1. The highest BCUT2D eigenvalue weighted by atomic mass is 16.3. The van der Waals surface area contributed by atoms with Gasteiger partial charge in [-0.05, 0) is 38.1 Å². The van der Waals surface area contributed by atoms with E-state index in [9.17, 15) is 9.90 Å². The van der Waals surface area contributed by atoms with Crippen molar-refractivity contribution in [2.75, 3.05) is 46.8 Å². The number of nitrogens with zero attached hydrogens (tertiary/aromatic N) is 3. The van der Waals surface area contributed by atoms with Crippen LogP contribution in [0.15, 0.2) is 24.3 Å². The number of aliphatic hydroxyl groups is 1. The van der Waals surface area contributed by atoms with Gasteiger partial charge in [0.2, 0.25) is 0 Å². The number of hydrogen-bond donors (Lipinski definition) is 1. The van der Waals surface area contributed by atoms with E-state index in [1.54, 1.807) is 18.9 Å². The molecule has 1 heterocycles. The molecule has 0 aliphatic carbocycles. The van der Waals surface area contributed by atoms with Crippen molar-refractivity contribution >= 4 is 5.91 Å². The van der Waals surface area contributed by atoms with Crippen LogP contribution in [-0.4, -0.2) is 78.6 Å².